The molecule has 152 valence electrons. The van der Waals surface area contributed by atoms with E-state index in [0.717, 1.165) is 11.3 Å². The Morgan fingerprint density at radius 2 is 2.00 bits per heavy atom. The fourth-order valence-corrected chi connectivity index (χ4v) is 2.88. The molecule has 1 heterocycles. The Morgan fingerprint density at radius 1 is 1.17 bits per heavy atom. The van der Waals surface area contributed by atoms with Crippen LogP contribution in [0.4, 0.5) is 4.39 Å². The van der Waals surface area contributed by atoms with E-state index in [0.29, 0.717) is 12.5 Å². The minimum absolute atomic E-state index is 0.0273. The van der Waals surface area contributed by atoms with Gasteiger partial charge < -0.3 is 15.4 Å². The third-order valence-corrected chi connectivity index (χ3v) is 4.44. The number of benzene rings is 2. The molecule has 7 heteroatoms. The predicted octanol–water partition coefficient (Wildman–Crippen LogP) is 3.70. The molecule has 0 bridgehead atoms. The van der Waals surface area contributed by atoms with Gasteiger partial charge in [0.15, 0.2) is 17.5 Å². The lowest BCUT2D eigenvalue weighted by molar-refractivity contribution is 0.214. The number of aliphatic imine (C=N–C) groups is 1. The molecule has 0 aliphatic heterocycles. The number of hydrogen-bond acceptors (Lipinski definition) is 3. The van der Waals surface area contributed by atoms with Gasteiger partial charge in [0.05, 0.1) is 18.3 Å². The van der Waals surface area contributed by atoms with Crippen molar-refractivity contribution < 1.29 is 9.13 Å². The molecule has 3 rings (SSSR count). The number of hydrogen-bond donors (Lipinski definition) is 2. The van der Waals surface area contributed by atoms with Crippen LogP contribution in [0.25, 0.3) is 5.69 Å². The number of halogens is 1. The lowest BCUT2D eigenvalue weighted by Gasteiger charge is -2.21. The van der Waals surface area contributed by atoms with Gasteiger partial charge in [-0.1, -0.05) is 24.3 Å². The lowest BCUT2D eigenvalue weighted by atomic mass is 10.1. The summed E-state index contributed by atoms with van der Waals surface area (Å²) in [4.78, 5) is 4.27. The summed E-state index contributed by atoms with van der Waals surface area (Å²) < 4.78 is 21.2. The Balaban J connectivity index is 1.56. The summed E-state index contributed by atoms with van der Waals surface area (Å²) in [6, 6.07) is 16.5. The second-order valence-electron chi connectivity index (χ2n) is 6.72. The van der Waals surface area contributed by atoms with Crippen LogP contribution >= 0.6 is 0 Å². The van der Waals surface area contributed by atoms with E-state index < -0.39 is 0 Å². The molecule has 2 atom stereocenters. The fourth-order valence-electron chi connectivity index (χ4n) is 2.88. The van der Waals surface area contributed by atoms with E-state index in [9.17, 15) is 4.39 Å². The van der Waals surface area contributed by atoms with Gasteiger partial charge in [0, 0.05) is 19.4 Å². The Labute approximate surface area is 170 Å². The Kier molecular flexibility index (Phi) is 6.84. The number of guanidine groups is 1. The van der Waals surface area contributed by atoms with Gasteiger partial charge in [-0.3, -0.25) is 4.99 Å². The molecule has 0 aliphatic carbocycles. The first kappa shape index (κ1) is 20.4. The quantitative estimate of drug-likeness (QED) is 0.473. The van der Waals surface area contributed by atoms with Crippen LogP contribution in [0, 0.1) is 5.82 Å². The first-order valence-corrected chi connectivity index (χ1v) is 9.55. The number of nitrogens with one attached hydrogen (secondary N) is 2. The number of para-hydroxylation sites is 1. The molecule has 0 amide bonds. The maximum absolute atomic E-state index is 13.7. The van der Waals surface area contributed by atoms with Gasteiger partial charge in [0.1, 0.15) is 6.10 Å². The van der Waals surface area contributed by atoms with Crippen molar-refractivity contribution in [3.63, 3.8) is 0 Å². The van der Waals surface area contributed by atoms with Crippen molar-refractivity contribution in [2.24, 2.45) is 4.99 Å². The number of nitrogens with zero attached hydrogens (tertiary/aromatic N) is 3. The minimum atomic E-state index is -0.368. The van der Waals surface area contributed by atoms with Crippen LogP contribution in [0.15, 0.2) is 72.0 Å². The molecule has 0 aliphatic rings. The highest BCUT2D eigenvalue weighted by Crippen LogP contribution is 2.17. The minimum Gasteiger partial charge on any atom is -0.486 e. The van der Waals surface area contributed by atoms with E-state index in [1.165, 1.54) is 6.07 Å². The zero-order valence-corrected chi connectivity index (χ0v) is 16.8. The summed E-state index contributed by atoms with van der Waals surface area (Å²) in [5.74, 6) is 0.520. The van der Waals surface area contributed by atoms with Crippen LogP contribution in [0.3, 0.4) is 0 Å². The molecule has 0 saturated heterocycles. The SMILES string of the molecule is CN=C(NCC(C)Oc1ccccc1F)NC(C)c1cccc(-n2cccn2)c1. The lowest BCUT2D eigenvalue weighted by Crippen LogP contribution is -2.42. The zero-order chi connectivity index (χ0) is 20.6. The summed E-state index contributed by atoms with van der Waals surface area (Å²) in [6.45, 7) is 4.42. The van der Waals surface area contributed by atoms with Crippen molar-refractivity contribution in [2.75, 3.05) is 13.6 Å². The molecule has 6 nitrogen and oxygen atoms in total. The molecule has 2 unspecified atom stereocenters. The highest BCUT2D eigenvalue weighted by molar-refractivity contribution is 5.80. The first-order chi connectivity index (χ1) is 14.1. The van der Waals surface area contributed by atoms with Crippen molar-refractivity contribution in [3.8, 4) is 11.4 Å². The average Bonchev–Trinajstić information content (AvgIpc) is 3.27. The highest BCUT2D eigenvalue weighted by atomic mass is 19.1. The summed E-state index contributed by atoms with van der Waals surface area (Å²) in [5, 5.41) is 10.9. The molecule has 0 saturated carbocycles. The molecule has 0 spiro atoms. The molecular formula is C22H26FN5O. The van der Waals surface area contributed by atoms with Crippen LogP contribution in [-0.4, -0.2) is 35.4 Å². The van der Waals surface area contributed by atoms with Gasteiger partial charge >= 0.3 is 0 Å². The van der Waals surface area contributed by atoms with Gasteiger partial charge in [-0.15, -0.1) is 0 Å². The molecule has 0 fully saturated rings. The number of aromatic nitrogens is 2. The Hall–Kier alpha value is -3.35. The van der Waals surface area contributed by atoms with Gasteiger partial charge in [-0.25, -0.2) is 9.07 Å². The maximum Gasteiger partial charge on any atom is 0.191 e. The van der Waals surface area contributed by atoms with Crippen molar-refractivity contribution in [1.82, 2.24) is 20.4 Å². The van der Waals surface area contributed by atoms with E-state index in [1.54, 1.807) is 31.4 Å². The normalized spacial score (nSPS) is 13.6. The summed E-state index contributed by atoms with van der Waals surface area (Å²) >= 11 is 0. The van der Waals surface area contributed by atoms with Crippen molar-refractivity contribution >= 4 is 5.96 Å². The number of ether oxygens (including phenoxy) is 1. The Morgan fingerprint density at radius 3 is 2.72 bits per heavy atom. The van der Waals surface area contributed by atoms with Crippen LogP contribution in [0.2, 0.25) is 0 Å². The van der Waals surface area contributed by atoms with Crippen molar-refractivity contribution in [1.29, 1.82) is 0 Å². The van der Waals surface area contributed by atoms with Crippen molar-refractivity contribution in [2.45, 2.75) is 26.0 Å². The van der Waals surface area contributed by atoms with Gasteiger partial charge in [-0.05, 0) is 49.7 Å². The van der Waals surface area contributed by atoms with E-state index in [-0.39, 0.29) is 23.7 Å². The zero-order valence-electron chi connectivity index (χ0n) is 16.8. The summed E-state index contributed by atoms with van der Waals surface area (Å²) in [5.41, 5.74) is 2.10. The third kappa shape index (κ3) is 5.57. The smallest absolute Gasteiger partial charge is 0.191 e. The van der Waals surface area contributed by atoms with E-state index in [2.05, 4.69) is 39.8 Å². The van der Waals surface area contributed by atoms with E-state index in [4.69, 9.17) is 4.74 Å². The molecular weight excluding hydrogens is 369 g/mol. The fraction of sp³-hybridized carbons (Fsp3) is 0.273. The van der Waals surface area contributed by atoms with Crippen LogP contribution in [-0.2, 0) is 0 Å². The van der Waals surface area contributed by atoms with Crippen molar-refractivity contribution in [3.05, 3.63) is 78.4 Å². The van der Waals surface area contributed by atoms with E-state index in [1.807, 2.05) is 36.0 Å². The van der Waals surface area contributed by atoms with Gasteiger partial charge in [0.25, 0.3) is 0 Å². The molecule has 3 aromatic rings. The van der Waals surface area contributed by atoms with Gasteiger partial charge in [0.2, 0.25) is 0 Å². The van der Waals surface area contributed by atoms with Crippen LogP contribution in [0.5, 0.6) is 5.75 Å². The molecule has 29 heavy (non-hydrogen) atoms. The third-order valence-electron chi connectivity index (χ3n) is 4.44. The molecule has 2 aromatic carbocycles. The summed E-state index contributed by atoms with van der Waals surface area (Å²) in [7, 11) is 1.71. The number of rotatable bonds is 7. The Bertz CT molecular complexity index is 942. The molecule has 0 radical (unpaired) electrons. The maximum atomic E-state index is 13.7. The standard InChI is InChI=1S/C22H26FN5O/c1-16(29-21-11-5-4-10-20(21)23)15-25-22(24-3)27-17(2)18-8-6-9-19(14-18)28-13-7-12-26-28/h4-14,16-17H,15H2,1-3H3,(H2,24,25,27). The molecule has 2 N–H and O–H groups in total. The van der Waals surface area contributed by atoms with Crippen LogP contribution in [0.1, 0.15) is 25.5 Å². The second-order valence-corrected chi connectivity index (χ2v) is 6.72. The summed E-state index contributed by atoms with van der Waals surface area (Å²) in [6.07, 6.45) is 3.43. The molecule has 1 aromatic heterocycles. The van der Waals surface area contributed by atoms with Crippen LogP contribution < -0.4 is 15.4 Å². The monoisotopic (exact) mass is 395 g/mol. The first-order valence-electron chi connectivity index (χ1n) is 9.55. The van der Waals surface area contributed by atoms with Gasteiger partial charge in [-0.2, -0.15) is 5.10 Å². The average molecular weight is 395 g/mol. The predicted molar refractivity (Wildman–Crippen MR) is 113 cm³/mol. The topological polar surface area (TPSA) is 63.5 Å². The van der Waals surface area contributed by atoms with E-state index >= 15 is 0 Å². The largest absolute Gasteiger partial charge is 0.486 e. The second kappa shape index (κ2) is 9.73. The highest BCUT2D eigenvalue weighted by Gasteiger charge is 2.12.